The van der Waals surface area contributed by atoms with Crippen LogP contribution in [-0.4, -0.2) is 14.8 Å². The summed E-state index contributed by atoms with van der Waals surface area (Å²) < 4.78 is 28.3. The number of benzene rings is 1. The Labute approximate surface area is 110 Å². The lowest BCUT2D eigenvalue weighted by atomic mass is 10.2. The molecule has 0 aliphatic carbocycles. The van der Waals surface area contributed by atoms with Gasteiger partial charge in [0.25, 0.3) is 0 Å². The van der Waals surface area contributed by atoms with E-state index in [2.05, 4.69) is 16.8 Å². The monoisotopic (exact) mass is 263 g/mol. The van der Waals surface area contributed by atoms with Crippen LogP contribution in [0.5, 0.6) is 0 Å². The van der Waals surface area contributed by atoms with E-state index in [1.54, 1.807) is 11.6 Å². The molecule has 0 N–H and O–H groups in total. The van der Waals surface area contributed by atoms with E-state index in [-0.39, 0.29) is 5.56 Å². The molecule has 1 aromatic heterocycles. The van der Waals surface area contributed by atoms with Gasteiger partial charge in [-0.05, 0) is 25.0 Å². The van der Waals surface area contributed by atoms with Crippen molar-refractivity contribution in [2.24, 2.45) is 7.05 Å². The smallest absolute Gasteiger partial charge is 0.166 e. The quantitative estimate of drug-likeness (QED) is 0.612. The average Bonchev–Trinajstić information content (AvgIpc) is 2.72. The molecule has 0 unspecified atom stereocenters. The first-order valence-corrected chi connectivity index (χ1v) is 6.08. The molecule has 1 heterocycles. The summed E-state index contributed by atoms with van der Waals surface area (Å²) in [6.45, 7) is 3.66. The van der Waals surface area contributed by atoms with Gasteiger partial charge in [0.15, 0.2) is 5.82 Å². The molecule has 0 aliphatic rings. The second-order valence-electron chi connectivity index (χ2n) is 4.30. The number of hydrogen-bond donors (Lipinski definition) is 0. The highest BCUT2D eigenvalue weighted by Crippen LogP contribution is 2.22. The van der Waals surface area contributed by atoms with Gasteiger partial charge < -0.3 is 4.57 Å². The Balaban J connectivity index is 2.28. The molecule has 0 spiro atoms. The number of hydrogen-bond acceptors (Lipinski definition) is 2. The molecular weight excluding hydrogens is 248 g/mol. The second-order valence-corrected chi connectivity index (χ2v) is 4.30. The van der Waals surface area contributed by atoms with Crippen LogP contribution in [0.4, 0.5) is 8.78 Å². The second kappa shape index (κ2) is 5.73. The van der Waals surface area contributed by atoms with Crippen molar-refractivity contribution in [3.05, 3.63) is 48.3 Å². The van der Waals surface area contributed by atoms with Gasteiger partial charge in [0.1, 0.15) is 17.5 Å². The third-order valence-corrected chi connectivity index (χ3v) is 2.95. The minimum atomic E-state index is -0.631. The first-order valence-electron chi connectivity index (χ1n) is 6.08. The molecule has 0 aliphatic heterocycles. The SMILES string of the molecule is C=CCCCc1nnc(-c2ccc(F)cc2F)n1C. The van der Waals surface area contributed by atoms with Gasteiger partial charge in [0.2, 0.25) is 0 Å². The Bertz CT molecular complexity index is 590. The maximum absolute atomic E-state index is 13.7. The van der Waals surface area contributed by atoms with Gasteiger partial charge in [-0.3, -0.25) is 0 Å². The molecular formula is C14H15F2N3. The summed E-state index contributed by atoms with van der Waals surface area (Å²) in [5.41, 5.74) is 0.256. The molecule has 0 saturated heterocycles. The molecule has 1 aromatic carbocycles. The lowest BCUT2D eigenvalue weighted by Crippen LogP contribution is -2.01. The van der Waals surface area contributed by atoms with Crippen LogP contribution < -0.4 is 0 Å². The van der Waals surface area contributed by atoms with Crippen molar-refractivity contribution in [3.63, 3.8) is 0 Å². The van der Waals surface area contributed by atoms with Gasteiger partial charge in [0.05, 0.1) is 5.56 Å². The van der Waals surface area contributed by atoms with E-state index >= 15 is 0 Å². The summed E-state index contributed by atoms with van der Waals surface area (Å²) in [4.78, 5) is 0. The predicted octanol–water partition coefficient (Wildman–Crippen LogP) is 3.27. The van der Waals surface area contributed by atoms with Crippen molar-refractivity contribution in [1.29, 1.82) is 0 Å². The molecule has 5 heteroatoms. The molecule has 0 amide bonds. The predicted molar refractivity (Wildman–Crippen MR) is 69.5 cm³/mol. The normalized spacial score (nSPS) is 10.7. The van der Waals surface area contributed by atoms with Crippen molar-refractivity contribution in [3.8, 4) is 11.4 Å². The number of rotatable bonds is 5. The summed E-state index contributed by atoms with van der Waals surface area (Å²) >= 11 is 0. The van der Waals surface area contributed by atoms with Crippen molar-refractivity contribution in [2.45, 2.75) is 19.3 Å². The molecule has 3 nitrogen and oxygen atoms in total. The van der Waals surface area contributed by atoms with E-state index in [9.17, 15) is 8.78 Å². The van der Waals surface area contributed by atoms with Crippen LogP contribution in [0, 0.1) is 11.6 Å². The van der Waals surface area contributed by atoms with Gasteiger partial charge in [-0.1, -0.05) is 6.08 Å². The zero-order valence-electron chi connectivity index (χ0n) is 10.7. The Kier molecular flexibility index (Phi) is 4.04. The summed E-state index contributed by atoms with van der Waals surface area (Å²) in [5.74, 6) is -0.0468. The maximum atomic E-state index is 13.7. The van der Waals surface area contributed by atoms with Crippen LogP contribution in [0.25, 0.3) is 11.4 Å². The summed E-state index contributed by atoms with van der Waals surface area (Å²) in [7, 11) is 1.78. The Morgan fingerprint density at radius 1 is 1.32 bits per heavy atom. The first-order chi connectivity index (χ1) is 9.13. The van der Waals surface area contributed by atoms with Crippen LogP contribution >= 0.6 is 0 Å². The fourth-order valence-corrected chi connectivity index (χ4v) is 1.89. The number of aryl methyl sites for hydroxylation is 1. The zero-order chi connectivity index (χ0) is 13.8. The number of halogens is 2. The highest BCUT2D eigenvalue weighted by molar-refractivity contribution is 5.56. The maximum Gasteiger partial charge on any atom is 0.166 e. The van der Waals surface area contributed by atoms with Crippen LogP contribution in [0.15, 0.2) is 30.9 Å². The van der Waals surface area contributed by atoms with E-state index in [4.69, 9.17) is 0 Å². The van der Waals surface area contributed by atoms with Gasteiger partial charge in [-0.2, -0.15) is 0 Å². The Hall–Kier alpha value is -2.04. The number of aromatic nitrogens is 3. The highest BCUT2D eigenvalue weighted by Gasteiger charge is 2.14. The molecule has 0 saturated carbocycles. The van der Waals surface area contributed by atoms with Crippen molar-refractivity contribution < 1.29 is 8.78 Å². The van der Waals surface area contributed by atoms with Gasteiger partial charge >= 0.3 is 0 Å². The van der Waals surface area contributed by atoms with Crippen LogP contribution in [0.3, 0.4) is 0 Å². The standard InChI is InChI=1S/C14H15F2N3/c1-3-4-5-6-13-17-18-14(19(13)2)11-8-7-10(15)9-12(11)16/h3,7-9H,1,4-6H2,2H3. The Morgan fingerprint density at radius 2 is 2.11 bits per heavy atom. The zero-order valence-corrected chi connectivity index (χ0v) is 10.7. The molecule has 2 aromatic rings. The van der Waals surface area contributed by atoms with Crippen molar-refractivity contribution in [1.82, 2.24) is 14.8 Å². The average molecular weight is 263 g/mol. The molecule has 0 atom stereocenters. The minimum absolute atomic E-state index is 0.256. The first kappa shape index (κ1) is 13.4. The molecule has 19 heavy (non-hydrogen) atoms. The van der Waals surface area contributed by atoms with E-state index in [0.717, 1.165) is 31.2 Å². The van der Waals surface area contributed by atoms with Crippen LogP contribution in [0.1, 0.15) is 18.7 Å². The van der Waals surface area contributed by atoms with Gasteiger partial charge in [0, 0.05) is 19.5 Å². The Morgan fingerprint density at radius 3 is 2.79 bits per heavy atom. The summed E-state index contributed by atoms with van der Waals surface area (Å²) in [6, 6.07) is 3.44. The fraction of sp³-hybridized carbons (Fsp3) is 0.286. The lowest BCUT2D eigenvalue weighted by molar-refractivity contribution is 0.584. The van der Waals surface area contributed by atoms with Crippen molar-refractivity contribution >= 4 is 0 Å². The van der Waals surface area contributed by atoms with E-state index in [0.29, 0.717) is 5.82 Å². The topological polar surface area (TPSA) is 30.7 Å². The molecule has 2 rings (SSSR count). The fourth-order valence-electron chi connectivity index (χ4n) is 1.89. The largest absolute Gasteiger partial charge is 0.314 e. The summed E-state index contributed by atoms with van der Waals surface area (Å²) in [6.07, 6.45) is 4.41. The van der Waals surface area contributed by atoms with Crippen LogP contribution in [0.2, 0.25) is 0 Å². The molecule has 0 bridgehead atoms. The molecule has 0 fully saturated rings. The van der Waals surface area contributed by atoms with E-state index in [1.807, 2.05) is 6.08 Å². The van der Waals surface area contributed by atoms with E-state index < -0.39 is 11.6 Å². The molecule has 0 radical (unpaired) electrons. The number of allylic oxidation sites excluding steroid dienone is 1. The third kappa shape index (κ3) is 2.86. The number of nitrogens with zero attached hydrogens (tertiary/aromatic N) is 3. The summed E-state index contributed by atoms with van der Waals surface area (Å²) in [5, 5.41) is 8.03. The van der Waals surface area contributed by atoms with Gasteiger partial charge in [-0.15, -0.1) is 16.8 Å². The third-order valence-electron chi connectivity index (χ3n) is 2.95. The van der Waals surface area contributed by atoms with Crippen molar-refractivity contribution in [2.75, 3.05) is 0 Å². The lowest BCUT2D eigenvalue weighted by Gasteiger charge is -2.04. The minimum Gasteiger partial charge on any atom is -0.314 e. The van der Waals surface area contributed by atoms with Crippen LogP contribution in [-0.2, 0) is 13.5 Å². The highest BCUT2D eigenvalue weighted by atomic mass is 19.1. The number of unbranched alkanes of at least 4 members (excludes halogenated alkanes) is 1. The van der Waals surface area contributed by atoms with E-state index in [1.165, 1.54) is 12.1 Å². The van der Waals surface area contributed by atoms with Gasteiger partial charge in [-0.25, -0.2) is 8.78 Å². The molecule has 100 valence electrons.